The van der Waals surface area contributed by atoms with Crippen LogP contribution >= 0.6 is 11.6 Å². The Morgan fingerprint density at radius 2 is 2.06 bits per heavy atom. The summed E-state index contributed by atoms with van der Waals surface area (Å²) in [5.74, 6) is -0.996. The van der Waals surface area contributed by atoms with Crippen LogP contribution in [0.3, 0.4) is 0 Å². The lowest BCUT2D eigenvalue weighted by molar-refractivity contribution is -0.158. The van der Waals surface area contributed by atoms with E-state index in [0.717, 1.165) is 12.8 Å². The van der Waals surface area contributed by atoms with E-state index in [1.165, 1.54) is 7.11 Å². The number of hydrogen-bond donors (Lipinski definition) is 0. The topological polar surface area (TPSA) is 43.4 Å². The number of halogens is 1. The van der Waals surface area contributed by atoms with Gasteiger partial charge in [-0.25, -0.2) is 0 Å². The van der Waals surface area contributed by atoms with E-state index in [-0.39, 0.29) is 34.4 Å². The third kappa shape index (κ3) is 2.10. The van der Waals surface area contributed by atoms with Crippen LogP contribution in [0.25, 0.3) is 0 Å². The summed E-state index contributed by atoms with van der Waals surface area (Å²) < 4.78 is 4.79. The first-order valence-corrected chi connectivity index (χ1v) is 6.56. The predicted molar refractivity (Wildman–Crippen MR) is 64.8 cm³/mol. The Kier molecular flexibility index (Phi) is 3.23. The van der Waals surface area contributed by atoms with E-state index < -0.39 is 5.92 Å². The van der Waals surface area contributed by atoms with Crippen LogP contribution in [0, 0.1) is 23.2 Å². The Bertz CT molecular complexity index is 351. The fourth-order valence-corrected chi connectivity index (χ4v) is 3.94. The van der Waals surface area contributed by atoms with Crippen molar-refractivity contribution in [2.24, 2.45) is 23.2 Å². The van der Waals surface area contributed by atoms with Gasteiger partial charge in [-0.15, -0.1) is 11.6 Å². The fraction of sp³-hybridized carbons (Fsp3) is 0.846. The molecule has 17 heavy (non-hydrogen) atoms. The van der Waals surface area contributed by atoms with Gasteiger partial charge >= 0.3 is 5.97 Å². The first-order chi connectivity index (χ1) is 7.86. The van der Waals surface area contributed by atoms with Crippen molar-refractivity contribution in [2.45, 2.75) is 38.5 Å². The molecule has 0 saturated heterocycles. The lowest BCUT2D eigenvalue weighted by atomic mass is 9.60. The molecule has 0 aliphatic heterocycles. The van der Waals surface area contributed by atoms with Gasteiger partial charge in [0.1, 0.15) is 5.92 Å². The highest BCUT2D eigenvalue weighted by molar-refractivity contribution is 6.21. The molecule has 96 valence electrons. The summed E-state index contributed by atoms with van der Waals surface area (Å²) >= 11 is 6.25. The Morgan fingerprint density at radius 3 is 2.65 bits per heavy atom. The number of methoxy groups -OCH3 is 1. The smallest absolute Gasteiger partial charge is 0.316 e. The standard InChI is InChI=1S/C13H19ClO3/c1-13(2)6-7-4-8(14)5-9(13)10(11(7)15)12(16)17-3/h7-10H,4-6H2,1-3H3/t7-,8?,9-,10-/m0/s1. The van der Waals surface area contributed by atoms with Crippen LogP contribution in [-0.4, -0.2) is 24.2 Å². The van der Waals surface area contributed by atoms with Crippen LogP contribution in [0.4, 0.5) is 0 Å². The molecular weight excluding hydrogens is 240 g/mol. The molecule has 4 atom stereocenters. The maximum absolute atomic E-state index is 12.3. The Labute approximate surface area is 107 Å². The van der Waals surface area contributed by atoms with Crippen LogP contribution in [0.5, 0.6) is 0 Å². The molecule has 1 unspecified atom stereocenters. The summed E-state index contributed by atoms with van der Waals surface area (Å²) in [5.41, 5.74) is -0.0128. The SMILES string of the molecule is COC(=O)[C@@H]1C(=O)[C@H]2CC(Cl)C[C@@H]1C(C)(C)C2. The van der Waals surface area contributed by atoms with E-state index in [9.17, 15) is 9.59 Å². The number of fused-ring (bicyclic) bond motifs is 4. The minimum absolute atomic E-state index is 0.00498. The van der Waals surface area contributed by atoms with E-state index in [0.29, 0.717) is 6.42 Å². The molecule has 0 aromatic carbocycles. The lowest BCUT2D eigenvalue weighted by Gasteiger charge is -2.42. The lowest BCUT2D eigenvalue weighted by Crippen LogP contribution is -2.47. The van der Waals surface area contributed by atoms with Gasteiger partial charge in [0.05, 0.1) is 7.11 Å². The first-order valence-electron chi connectivity index (χ1n) is 6.12. The number of ketones is 1. The molecule has 3 aliphatic rings. The molecule has 3 nitrogen and oxygen atoms in total. The predicted octanol–water partition coefficient (Wildman–Crippen LogP) is 2.41. The minimum atomic E-state index is -0.600. The monoisotopic (exact) mass is 258 g/mol. The van der Waals surface area contributed by atoms with Crippen molar-refractivity contribution in [3.05, 3.63) is 0 Å². The second-order valence-electron chi connectivity index (χ2n) is 5.97. The van der Waals surface area contributed by atoms with Gasteiger partial charge in [-0.05, 0) is 30.6 Å². The van der Waals surface area contributed by atoms with Crippen molar-refractivity contribution in [1.29, 1.82) is 0 Å². The van der Waals surface area contributed by atoms with Crippen molar-refractivity contribution in [3.63, 3.8) is 0 Å². The quantitative estimate of drug-likeness (QED) is 0.412. The van der Waals surface area contributed by atoms with E-state index >= 15 is 0 Å². The van der Waals surface area contributed by atoms with E-state index in [1.54, 1.807) is 0 Å². The molecule has 3 saturated carbocycles. The first kappa shape index (κ1) is 12.9. The number of hydrogen-bond acceptors (Lipinski definition) is 3. The summed E-state index contributed by atoms with van der Waals surface area (Å²) in [6.07, 6.45) is 2.28. The van der Waals surface area contributed by atoms with Gasteiger partial charge in [-0.3, -0.25) is 9.59 Å². The number of carbonyl (C=O) groups excluding carboxylic acids is 2. The van der Waals surface area contributed by atoms with Crippen molar-refractivity contribution < 1.29 is 14.3 Å². The van der Waals surface area contributed by atoms with Crippen LogP contribution in [0.2, 0.25) is 0 Å². The van der Waals surface area contributed by atoms with Gasteiger partial charge in [0.15, 0.2) is 5.78 Å². The molecule has 0 aromatic heterocycles. The molecule has 0 heterocycles. The molecule has 2 bridgehead atoms. The number of Topliss-reactive ketones (excluding diaryl/α,β-unsaturated/α-hetero) is 1. The molecule has 0 radical (unpaired) electrons. The molecule has 0 N–H and O–H groups in total. The maximum Gasteiger partial charge on any atom is 0.316 e. The van der Waals surface area contributed by atoms with Gasteiger partial charge in [0, 0.05) is 11.3 Å². The van der Waals surface area contributed by atoms with Crippen LogP contribution in [0.1, 0.15) is 33.1 Å². The second kappa shape index (κ2) is 4.27. The Morgan fingerprint density at radius 1 is 1.41 bits per heavy atom. The van der Waals surface area contributed by atoms with Crippen molar-refractivity contribution in [3.8, 4) is 0 Å². The fourth-order valence-electron chi connectivity index (χ4n) is 3.53. The normalized spacial score (nSPS) is 39.9. The number of alkyl halides is 1. The van der Waals surface area contributed by atoms with E-state index in [1.807, 2.05) is 0 Å². The summed E-state index contributed by atoms with van der Waals surface area (Å²) in [6, 6.07) is 0. The molecular formula is C13H19ClO3. The van der Waals surface area contributed by atoms with Crippen molar-refractivity contribution >= 4 is 23.4 Å². The molecule has 4 heteroatoms. The van der Waals surface area contributed by atoms with Crippen molar-refractivity contribution in [1.82, 2.24) is 0 Å². The molecule has 0 amide bonds. The number of ether oxygens (including phenoxy) is 1. The average Bonchev–Trinajstić information content (AvgIpc) is 2.42. The van der Waals surface area contributed by atoms with Gasteiger partial charge < -0.3 is 4.74 Å². The highest BCUT2D eigenvalue weighted by Gasteiger charge is 2.54. The molecule has 0 spiro atoms. The van der Waals surface area contributed by atoms with E-state index in [2.05, 4.69) is 13.8 Å². The third-order valence-corrected chi connectivity index (χ3v) is 4.75. The molecule has 3 aliphatic carbocycles. The Hall–Kier alpha value is -0.570. The highest BCUT2D eigenvalue weighted by atomic mass is 35.5. The zero-order valence-corrected chi connectivity index (χ0v) is 11.3. The largest absolute Gasteiger partial charge is 0.468 e. The van der Waals surface area contributed by atoms with Gasteiger partial charge in [0.25, 0.3) is 0 Å². The Balaban J connectivity index is 2.40. The number of esters is 1. The minimum Gasteiger partial charge on any atom is -0.468 e. The van der Waals surface area contributed by atoms with Crippen LogP contribution in [0.15, 0.2) is 0 Å². The third-order valence-electron chi connectivity index (χ3n) is 4.39. The van der Waals surface area contributed by atoms with Crippen LogP contribution < -0.4 is 0 Å². The van der Waals surface area contributed by atoms with Gasteiger partial charge in [-0.2, -0.15) is 0 Å². The second-order valence-corrected chi connectivity index (χ2v) is 6.59. The molecule has 3 rings (SSSR count). The van der Waals surface area contributed by atoms with Gasteiger partial charge in [0.2, 0.25) is 0 Å². The highest BCUT2D eigenvalue weighted by Crippen LogP contribution is 2.52. The number of carbonyl (C=O) groups is 2. The van der Waals surface area contributed by atoms with Crippen molar-refractivity contribution in [2.75, 3.05) is 7.11 Å². The maximum atomic E-state index is 12.3. The number of rotatable bonds is 1. The van der Waals surface area contributed by atoms with Crippen LogP contribution in [-0.2, 0) is 14.3 Å². The zero-order valence-electron chi connectivity index (χ0n) is 10.5. The van der Waals surface area contributed by atoms with Gasteiger partial charge in [-0.1, -0.05) is 13.8 Å². The molecule has 3 fully saturated rings. The molecule has 0 aromatic rings. The summed E-state index contributed by atoms with van der Waals surface area (Å²) in [6.45, 7) is 4.25. The average molecular weight is 259 g/mol. The summed E-state index contributed by atoms with van der Waals surface area (Å²) in [5, 5.41) is 0.00498. The van der Waals surface area contributed by atoms with E-state index in [4.69, 9.17) is 16.3 Å². The summed E-state index contributed by atoms with van der Waals surface area (Å²) in [7, 11) is 1.35. The zero-order chi connectivity index (χ0) is 12.8. The summed E-state index contributed by atoms with van der Waals surface area (Å²) in [4.78, 5) is 24.1.